The zero-order valence-electron chi connectivity index (χ0n) is 17.8. The Bertz CT molecular complexity index is 1060. The van der Waals surface area contributed by atoms with Crippen LogP contribution in [-0.2, 0) is 11.2 Å². The topological polar surface area (TPSA) is 93.0 Å². The number of H-pyrrole nitrogens is 1. The standard InChI is InChI=1S/C24H29FN4O2/c1-15-14-28-23-22(15)21(9-10-27-23)31-20-8-7-16(12-19(20)25)11-17(13-26)24(30)29-18-5-3-2-4-6-18/h7-10,12,14,17-18H,2-6,11,13,26H2,1H3,(H,27,28)(H,29,30). The molecule has 1 saturated carbocycles. The molecular formula is C24H29FN4O2. The molecule has 1 amide bonds. The normalized spacial score (nSPS) is 15.7. The van der Waals surface area contributed by atoms with Gasteiger partial charge in [0, 0.05) is 25.0 Å². The molecule has 0 bridgehead atoms. The van der Waals surface area contributed by atoms with E-state index in [0.29, 0.717) is 17.8 Å². The third kappa shape index (κ3) is 4.88. The number of hydrogen-bond donors (Lipinski definition) is 3. The fourth-order valence-electron chi connectivity index (χ4n) is 4.27. The van der Waals surface area contributed by atoms with Gasteiger partial charge in [-0.15, -0.1) is 0 Å². The summed E-state index contributed by atoms with van der Waals surface area (Å²) in [5, 5.41) is 3.95. The van der Waals surface area contributed by atoms with Gasteiger partial charge in [-0.05, 0) is 55.5 Å². The summed E-state index contributed by atoms with van der Waals surface area (Å²) in [6.07, 6.45) is 9.43. The number of ether oxygens (including phenoxy) is 1. The van der Waals surface area contributed by atoms with E-state index in [1.54, 1.807) is 24.4 Å². The van der Waals surface area contributed by atoms with Gasteiger partial charge in [0.2, 0.25) is 5.91 Å². The van der Waals surface area contributed by atoms with Crippen LogP contribution in [0, 0.1) is 18.7 Å². The van der Waals surface area contributed by atoms with Gasteiger partial charge in [0.15, 0.2) is 11.6 Å². The summed E-state index contributed by atoms with van der Waals surface area (Å²) < 4.78 is 20.7. The summed E-state index contributed by atoms with van der Waals surface area (Å²) in [7, 11) is 0. The van der Waals surface area contributed by atoms with Crippen molar-refractivity contribution in [3.05, 3.63) is 53.6 Å². The molecular weight excluding hydrogens is 395 g/mol. The van der Waals surface area contributed by atoms with Crippen LogP contribution >= 0.6 is 0 Å². The molecule has 164 valence electrons. The first-order chi connectivity index (χ1) is 15.0. The van der Waals surface area contributed by atoms with E-state index in [-0.39, 0.29) is 30.2 Å². The van der Waals surface area contributed by atoms with Crippen molar-refractivity contribution >= 4 is 16.9 Å². The zero-order chi connectivity index (χ0) is 21.8. The van der Waals surface area contributed by atoms with E-state index in [4.69, 9.17) is 10.5 Å². The molecule has 0 saturated heterocycles. The van der Waals surface area contributed by atoms with Crippen molar-refractivity contribution in [2.75, 3.05) is 6.54 Å². The minimum absolute atomic E-state index is 0.0442. The number of rotatable bonds is 7. The molecule has 6 nitrogen and oxygen atoms in total. The Balaban J connectivity index is 1.45. The third-order valence-corrected chi connectivity index (χ3v) is 6.04. The van der Waals surface area contributed by atoms with Crippen molar-refractivity contribution in [3.63, 3.8) is 0 Å². The highest BCUT2D eigenvalue weighted by Gasteiger charge is 2.22. The van der Waals surface area contributed by atoms with E-state index >= 15 is 0 Å². The summed E-state index contributed by atoms with van der Waals surface area (Å²) in [5.74, 6) is -0.221. The van der Waals surface area contributed by atoms with Crippen molar-refractivity contribution < 1.29 is 13.9 Å². The Morgan fingerprint density at radius 3 is 2.84 bits per heavy atom. The summed E-state index contributed by atoms with van der Waals surface area (Å²) >= 11 is 0. The number of hydrogen-bond acceptors (Lipinski definition) is 4. The number of amides is 1. The van der Waals surface area contributed by atoms with Crippen LogP contribution in [0.25, 0.3) is 11.0 Å². The van der Waals surface area contributed by atoms with Crippen LogP contribution in [0.2, 0.25) is 0 Å². The average Bonchev–Trinajstić information content (AvgIpc) is 3.16. The van der Waals surface area contributed by atoms with Gasteiger partial charge in [-0.3, -0.25) is 4.79 Å². The minimum Gasteiger partial charge on any atom is -0.453 e. The molecule has 1 aliphatic rings. The molecule has 4 rings (SSSR count). The largest absolute Gasteiger partial charge is 0.453 e. The van der Waals surface area contributed by atoms with Crippen molar-refractivity contribution in [3.8, 4) is 11.5 Å². The quantitative estimate of drug-likeness (QED) is 0.525. The predicted octanol–water partition coefficient (Wildman–Crippen LogP) is 4.37. The number of nitrogens with two attached hydrogens (primary N) is 1. The lowest BCUT2D eigenvalue weighted by molar-refractivity contribution is -0.125. The summed E-state index contributed by atoms with van der Waals surface area (Å²) in [6.45, 7) is 2.17. The number of nitrogens with one attached hydrogen (secondary N) is 2. The Hall–Kier alpha value is -2.93. The van der Waals surface area contributed by atoms with Gasteiger partial charge < -0.3 is 20.8 Å². The van der Waals surface area contributed by atoms with Crippen molar-refractivity contribution in [2.45, 2.75) is 51.5 Å². The second kappa shape index (κ2) is 9.47. The first kappa shape index (κ1) is 21.3. The number of carbonyl (C=O) groups excluding carboxylic acids is 1. The predicted molar refractivity (Wildman–Crippen MR) is 119 cm³/mol. The number of benzene rings is 1. The highest BCUT2D eigenvalue weighted by Crippen LogP contribution is 2.32. The van der Waals surface area contributed by atoms with Crippen LogP contribution in [0.3, 0.4) is 0 Å². The fourth-order valence-corrected chi connectivity index (χ4v) is 4.27. The van der Waals surface area contributed by atoms with Crippen LogP contribution in [0.4, 0.5) is 4.39 Å². The van der Waals surface area contributed by atoms with Gasteiger partial charge >= 0.3 is 0 Å². The molecule has 0 spiro atoms. The molecule has 2 aromatic heterocycles. The Labute approximate surface area is 181 Å². The lowest BCUT2D eigenvalue weighted by Gasteiger charge is -2.25. The van der Waals surface area contributed by atoms with Crippen LogP contribution in [0.5, 0.6) is 11.5 Å². The van der Waals surface area contributed by atoms with E-state index in [2.05, 4.69) is 15.3 Å². The Morgan fingerprint density at radius 2 is 2.10 bits per heavy atom. The highest BCUT2D eigenvalue weighted by molar-refractivity contribution is 5.86. The first-order valence-corrected chi connectivity index (χ1v) is 10.9. The summed E-state index contributed by atoms with van der Waals surface area (Å²) in [6, 6.07) is 6.77. The summed E-state index contributed by atoms with van der Waals surface area (Å²) in [5.41, 5.74) is 8.26. The monoisotopic (exact) mass is 424 g/mol. The van der Waals surface area contributed by atoms with Gasteiger partial charge in [0.25, 0.3) is 0 Å². The Kier molecular flexibility index (Phi) is 6.51. The van der Waals surface area contributed by atoms with Crippen LogP contribution in [0.1, 0.15) is 43.2 Å². The number of carbonyl (C=O) groups is 1. The van der Waals surface area contributed by atoms with Gasteiger partial charge in [-0.1, -0.05) is 25.3 Å². The number of aryl methyl sites for hydroxylation is 1. The lowest BCUT2D eigenvalue weighted by Crippen LogP contribution is -2.42. The van der Waals surface area contributed by atoms with Crippen molar-refractivity contribution in [1.29, 1.82) is 0 Å². The molecule has 31 heavy (non-hydrogen) atoms. The van der Waals surface area contributed by atoms with Crippen LogP contribution in [-0.4, -0.2) is 28.5 Å². The lowest BCUT2D eigenvalue weighted by atomic mass is 9.93. The second-order valence-corrected chi connectivity index (χ2v) is 8.35. The molecule has 1 atom stereocenters. The van der Waals surface area contributed by atoms with Crippen LogP contribution in [0.15, 0.2) is 36.7 Å². The SMILES string of the molecule is Cc1c[nH]c2nccc(Oc3ccc(CC(CN)C(=O)NC4CCCCC4)cc3F)c12. The third-order valence-electron chi connectivity index (χ3n) is 6.04. The van der Waals surface area contributed by atoms with E-state index in [1.165, 1.54) is 12.5 Å². The van der Waals surface area contributed by atoms with Crippen molar-refractivity contribution in [1.82, 2.24) is 15.3 Å². The molecule has 4 N–H and O–H groups in total. The van der Waals surface area contributed by atoms with E-state index in [9.17, 15) is 9.18 Å². The average molecular weight is 425 g/mol. The number of halogens is 1. The molecule has 7 heteroatoms. The van der Waals surface area contributed by atoms with Gasteiger partial charge in [0.1, 0.15) is 11.4 Å². The molecule has 1 fully saturated rings. The number of pyridine rings is 1. The molecule has 1 aliphatic carbocycles. The second-order valence-electron chi connectivity index (χ2n) is 8.35. The molecule has 0 aliphatic heterocycles. The van der Waals surface area contributed by atoms with Gasteiger partial charge in [-0.25, -0.2) is 9.37 Å². The van der Waals surface area contributed by atoms with Crippen LogP contribution < -0.4 is 15.8 Å². The fraction of sp³-hybridized carbons (Fsp3) is 0.417. The molecule has 0 radical (unpaired) electrons. The number of fused-ring (bicyclic) bond motifs is 1. The molecule has 1 unspecified atom stereocenters. The van der Waals surface area contributed by atoms with E-state index in [0.717, 1.165) is 42.2 Å². The molecule has 1 aromatic carbocycles. The van der Waals surface area contributed by atoms with E-state index in [1.807, 2.05) is 13.1 Å². The first-order valence-electron chi connectivity index (χ1n) is 10.9. The minimum atomic E-state index is -0.473. The number of aromatic amines is 1. The highest BCUT2D eigenvalue weighted by atomic mass is 19.1. The van der Waals surface area contributed by atoms with Gasteiger partial charge in [0.05, 0.1) is 11.3 Å². The molecule has 3 aromatic rings. The van der Waals surface area contributed by atoms with Crippen molar-refractivity contribution in [2.24, 2.45) is 11.7 Å². The summed E-state index contributed by atoms with van der Waals surface area (Å²) in [4.78, 5) is 20.0. The molecule has 2 heterocycles. The number of nitrogens with zero attached hydrogens (tertiary/aromatic N) is 1. The maximum absolute atomic E-state index is 14.8. The smallest absolute Gasteiger partial charge is 0.224 e. The van der Waals surface area contributed by atoms with Gasteiger partial charge in [-0.2, -0.15) is 0 Å². The maximum atomic E-state index is 14.8. The Morgan fingerprint density at radius 1 is 1.29 bits per heavy atom. The maximum Gasteiger partial charge on any atom is 0.224 e. The number of aromatic nitrogens is 2. The zero-order valence-corrected chi connectivity index (χ0v) is 17.8. The van der Waals surface area contributed by atoms with E-state index < -0.39 is 5.82 Å².